The van der Waals surface area contributed by atoms with Gasteiger partial charge < -0.3 is 9.73 Å². The highest BCUT2D eigenvalue weighted by molar-refractivity contribution is 5.93. The second kappa shape index (κ2) is 4.85. The second-order valence-electron chi connectivity index (χ2n) is 4.53. The average molecular weight is 289 g/mol. The smallest absolute Gasteiger partial charge is 0.300 e. The number of anilines is 1. The van der Waals surface area contributed by atoms with Crippen LogP contribution >= 0.6 is 0 Å². The number of nitro benzene ring substituents is 1. The van der Waals surface area contributed by atoms with Crippen molar-refractivity contribution >= 4 is 22.4 Å². The Bertz CT molecular complexity index is 809. The van der Waals surface area contributed by atoms with Crippen molar-refractivity contribution in [3.63, 3.8) is 0 Å². The summed E-state index contributed by atoms with van der Waals surface area (Å²) in [6.45, 7) is 3.65. The van der Waals surface area contributed by atoms with Gasteiger partial charge in [0.1, 0.15) is 11.8 Å². The van der Waals surface area contributed by atoms with Crippen molar-refractivity contribution in [2.24, 2.45) is 0 Å². The zero-order valence-electron chi connectivity index (χ0n) is 11.2. The lowest BCUT2D eigenvalue weighted by atomic mass is 10.2. The fraction of sp³-hybridized carbons (Fsp3) is 0.250. The van der Waals surface area contributed by atoms with Gasteiger partial charge in [-0.15, -0.1) is 0 Å². The zero-order valence-corrected chi connectivity index (χ0v) is 11.2. The van der Waals surface area contributed by atoms with E-state index in [9.17, 15) is 10.1 Å². The lowest BCUT2D eigenvalue weighted by Gasteiger charge is -2.11. The van der Waals surface area contributed by atoms with Crippen LogP contribution in [0, 0.1) is 17.0 Å². The van der Waals surface area contributed by atoms with Gasteiger partial charge in [0.15, 0.2) is 5.52 Å². The largest absolute Gasteiger partial charge is 0.444 e. The Labute approximate surface area is 118 Å². The monoisotopic (exact) mass is 289 g/mol. The van der Waals surface area contributed by atoms with Crippen LogP contribution < -0.4 is 5.32 Å². The quantitative estimate of drug-likeness (QED) is 0.574. The summed E-state index contributed by atoms with van der Waals surface area (Å²) < 4.78 is 10.0. The topological polar surface area (TPSA) is 120 Å². The van der Waals surface area contributed by atoms with E-state index in [1.165, 1.54) is 6.07 Å². The molecule has 0 amide bonds. The molecule has 0 bridgehead atoms. The zero-order chi connectivity index (χ0) is 15.0. The van der Waals surface area contributed by atoms with Crippen molar-refractivity contribution in [2.75, 3.05) is 5.32 Å². The van der Waals surface area contributed by atoms with Gasteiger partial charge in [0.05, 0.1) is 16.8 Å². The fourth-order valence-corrected chi connectivity index (χ4v) is 1.98. The molecule has 0 saturated heterocycles. The van der Waals surface area contributed by atoms with Crippen molar-refractivity contribution in [2.45, 2.75) is 19.9 Å². The third-order valence-corrected chi connectivity index (χ3v) is 2.97. The van der Waals surface area contributed by atoms with Gasteiger partial charge in [0.2, 0.25) is 11.4 Å². The Hall–Kier alpha value is -2.97. The maximum absolute atomic E-state index is 10.9. The van der Waals surface area contributed by atoms with Crippen LogP contribution in [0.15, 0.2) is 27.4 Å². The van der Waals surface area contributed by atoms with Crippen LogP contribution in [-0.4, -0.2) is 20.2 Å². The number of hydrogen-bond donors (Lipinski definition) is 1. The van der Waals surface area contributed by atoms with Gasteiger partial charge in [-0.3, -0.25) is 10.1 Å². The number of benzene rings is 1. The maximum Gasteiger partial charge on any atom is 0.300 e. The van der Waals surface area contributed by atoms with E-state index in [0.717, 1.165) is 0 Å². The highest BCUT2D eigenvalue weighted by Crippen LogP contribution is 2.30. The SMILES string of the molecule is Cc1cnc(C(C)Nc2ccc([N+](=O)[O-])c3nonc23)o1. The van der Waals surface area contributed by atoms with Crippen molar-refractivity contribution < 1.29 is 14.0 Å². The van der Waals surface area contributed by atoms with Crippen molar-refractivity contribution in [3.05, 3.63) is 40.1 Å². The molecule has 1 atom stereocenters. The molecule has 0 aliphatic carbocycles. The molecular weight excluding hydrogens is 278 g/mol. The highest BCUT2D eigenvalue weighted by Gasteiger charge is 2.21. The van der Waals surface area contributed by atoms with Crippen LogP contribution in [0.25, 0.3) is 11.0 Å². The molecular formula is C12H11N5O4. The predicted octanol–water partition coefficient (Wildman–Crippen LogP) is 2.60. The fourth-order valence-electron chi connectivity index (χ4n) is 1.98. The van der Waals surface area contributed by atoms with Gasteiger partial charge in [0, 0.05) is 6.07 Å². The molecule has 1 unspecified atom stereocenters. The summed E-state index contributed by atoms with van der Waals surface area (Å²) in [5, 5.41) is 21.3. The van der Waals surface area contributed by atoms with E-state index in [-0.39, 0.29) is 17.2 Å². The van der Waals surface area contributed by atoms with Gasteiger partial charge in [-0.1, -0.05) is 0 Å². The van der Waals surface area contributed by atoms with E-state index in [1.807, 2.05) is 6.92 Å². The lowest BCUT2D eigenvalue weighted by Crippen LogP contribution is -2.07. The standard InChI is InChI=1S/C12H11N5O4/c1-6-5-13-12(20-6)7(2)14-8-3-4-9(17(18)19)11-10(8)15-21-16-11/h3-5,7,14H,1-2H3. The summed E-state index contributed by atoms with van der Waals surface area (Å²) in [5.41, 5.74) is 0.789. The highest BCUT2D eigenvalue weighted by atomic mass is 16.6. The summed E-state index contributed by atoms with van der Waals surface area (Å²) in [7, 11) is 0. The maximum atomic E-state index is 10.9. The first-order valence-corrected chi connectivity index (χ1v) is 6.15. The Balaban J connectivity index is 1.96. The van der Waals surface area contributed by atoms with Crippen LogP contribution in [0.5, 0.6) is 0 Å². The molecule has 0 fully saturated rings. The van der Waals surface area contributed by atoms with Crippen LogP contribution in [0.4, 0.5) is 11.4 Å². The Morgan fingerprint density at radius 2 is 2.10 bits per heavy atom. The number of rotatable bonds is 4. The Morgan fingerprint density at radius 3 is 2.76 bits per heavy atom. The normalized spacial score (nSPS) is 12.5. The molecule has 0 spiro atoms. The van der Waals surface area contributed by atoms with E-state index in [1.54, 1.807) is 19.2 Å². The van der Waals surface area contributed by atoms with E-state index < -0.39 is 4.92 Å². The molecule has 0 aliphatic rings. The molecule has 2 aromatic heterocycles. The number of nitro groups is 1. The van der Waals surface area contributed by atoms with E-state index in [0.29, 0.717) is 22.9 Å². The number of hydrogen-bond acceptors (Lipinski definition) is 8. The van der Waals surface area contributed by atoms with Crippen molar-refractivity contribution in [3.8, 4) is 0 Å². The molecule has 0 aliphatic heterocycles. The van der Waals surface area contributed by atoms with Gasteiger partial charge in [-0.2, -0.15) is 0 Å². The molecule has 3 rings (SSSR count). The summed E-state index contributed by atoms with van der Waals surface area (Å²) in [6, 6.07) is 2.67. The minimum absolute atomic E-state index is 0.0979. The van der Waals surface area contributed by atoms with E-state index >= 15 is 0 Å². The number of nitrogens with one attached hydrogen (secondary N) is 1. The van der Waals surface area contributed by atoms with Gasteiger partial charge in [0.25, 0.3) is 0 Å². The number of fused-ring (bicyclic) bond motifs is 1. The molecule has 9 nitrogen and oxygen atoms in total. The molecule has 1 N–H and O–H groups in total. The lowest BCUT2D eigenvalue weighted by molar-refractivity contribution is -0.383. The molecule has 0 saturated carbocycles. The number of oxazole rings is 1. The van der Waals surface area contributed by atoms with Crippen LogP contribution in [-0.2, 0) is 0 Å². The van der Waals surface area contributed by atoms with Crippen molar-refractivity contribution in [1.82, 2.24) is 15.3 Å². The average Bonchev–Trinajstić information content (AvgIpc) is 3.07. The molecule has 21 heavy (non-hydrogen) atoms. The molecule has 9 heteroatoms. The number of nitrogens with zero attached hydrogens (tertiary/aromatic N) is 4. The predicted molar refractivity (Wildman–Crippen MR) is 71.7 cm³/mol. The first-order chi connectivity index (χ1) is 10.1. The number of non-ortho nitro benzene ring substituents is 1. The molecule has 108 valence electrons. The van der Waals surface area contributed by atoms with Crippen molar-refractivity contribution in [1.29, 1.82) is 0 Å². The first kappa shape index (κ1) is 13.0. The van der Waals surface area contributed by atoms with Gasteiger partial charge >= 0.3 is 5.69 Å². The minimum atomic E-state index is -0.531. The molecule has 3 aromatic rings. The molecule has 1 aromatic carbocycles. The molecule has 2 heterocycles. The third-order valence-electron chi connectivity index (χ3n) is 2.97. The third kappa shape index (κ3) is 2.29. The van der Waals surface area contributed by atoms with Crippen LogP contribution in [0.3, 0.4) is 0 Å². The first-order valence-electron chi connectivity index (χ1n) is 6.15. The van der Waals surface area contributed by atoms with Crippen LogP contribution in [0.1, 0.15) is 24.6 Å². The van der Waals surface area contributed by atoms with E-state index in [2.05, 4.69) is 25.2 Å². The number of aryl methyl sites for hydroxylation is 1. The number of aromatic nitrogens is 3. The summed E-state index contributed by atoms with van der Waals surface area (Å²) in [5.74, 6) is 1.21. The Kier molecular flexibility index (Phi) is 3.01. The summed E-state index contributed by atoms with van der Waals surface area (Å²) >= 11 is 0. The summed E-state index contributed by atoms with van der Waals surface area (Å²) in [6.07, 6.45) is 1.62. The Morgan fingerprint density at radius 1 is 1.33 bits per heavy atom. The summed E-state index contributed by atoms with van der Waals surface area (Å²) in [4.78, 5) is 14.5. The second-order valence-corrected chi connectivity index (χ2v) is 4.53. The van der Waals surface area contributed by atoms with Gasteiger partial charge in [-0.05, 0) is 30.2 Å². The van der Waals surface area contributed by atoms with Gasteiger partial charge in [-0.25, -0.2) is 9.61 Å². The minimum Gasteiger partial charge on any atom is -0.444 e. The van der Waals surface area contributed by atoms with E-state index in [4.69, 9.17) is 4.42 Å². The molecule has 0 radical (unpaired) electrons. The van der Waals surface area contributed by atoms with Crippen LogP contribution in [0.2, 0.25) is 0 Å².